The topological polar surface area (TPSA) is 93.5 Å². The van der Waals surface area contributed by atoms with Crippen LogP contribution in [0.15, 0.2) is 60.8 Å². The summed E-state index contributed by atoms with van der Waals surface area (Å²) >= 11 is 0. The summed E-state index contributed by atoms with van der Waals surface area (Å²) in [5, 5.41) is 7.54. The van der Waals surface area contributed by atoms with Crippen LogP contribution in [0.2, 0.25) is 0 Å². The fourth-order valence-corrected chi connectivity index (χ4v) is 3.62. The Labute approximate surface area is 185 Å². The average Bonchev–Trinajstić information content (AvgIpc) is 3.41. The Kier molecular flexibility index (Phi) is 6.30. The second-order valence-electron chi connectivity index (χ2n) is 7.45. The summed E-state index contributed by atoms with van der Waals surface area (Å²) in [7, 11) is 1.60. The smallest absolute Gasteiger partial charge is 0.255 e. The second kappa shape index (κ2) is 9.47. The first-order chi connectivity index (χ1) is 15.6. The normalized spacial score (nSPS) is 13.5. The molecule has 8 heteroatoms. The Morgan fingerprint density at radius 3 is 2.38 bits per heavy atom. The van der Waals surface area contributed by atoms with Crippen molar-refractivity contribution in [3.63, 3.8) is 0 Å². The molecule has 32 heavy (non-hydrogen) atoms. The summed E-state index contributed by atoms with van der Waals surface area (Å²) in [5.74, 6) is 0.157. The van der Waals surface area contributed by atoms with E-state index in [0.717, 1.165) is 11.3 Å². The van der Waals surface area contributed by atoms with E-state index in [1.807, 2.05) is 54.6 Å². The zero-order valence-corrected chi connectivity index (χ0v) is 17.8. The van der Waals surface area contributed by atoms with Gasteiger partial charge < -0.3 is 10.1 Å². The lowest BCUT2D eigenvalue weighted by atomic mass is 10.1. The quantitative estimate of drug-likeness (QED) is 0.436. The van der Waals surface area contributed by atoms with E-state index in [9.17, 15) is 14.4 Å². The van der Waals surface area contributed by atoms with E-state index in [0.29, 0.717) is 36.5 Å². The third kappa shape index (κ3) is 4.54. The van der Waals surface area contributed by atoms with Crippen molar-refractivity contribution in [3.05, 3.63) is 66.4 Å². The molecule has 2 aromatic carbocycles. The number of nitrogens with zero attached hydrogens (tertiary/aromatic N) is 3. The molecule has 1 aliphatic heterocycles. The van der Waals surface area contributed by atoms with E-state index >= 15 is 0 Å². The van der Waals surface area contributed by atoms with Crippen molar-refractivity contribution in [1.82, 2.24) is 20.0 Å². The minimum Gasteiger partial charge on any atom is -0.497 e. The maximum Gasteiger partial charge on any atom is 0.255 e. The molecule has 1 fully saturated rings. The molecule has 3 amide bonds. The Bertz CT molecular complexity index is 1110. The molecule has 3 aromatic rings. The van der Waals surface area contributed by atoms with Gasteiger partial charge in [-0.05, 0) is 42.8 Å². The maximum absolute atomic E-state index is 13.0. The van der Waals surface area contributed by atoms with Crippen LogP contribution in [0, 0.1) is 0 Å². The molecule has 164 valence electrons. The molecule has 1 aromatic heterocycles. The molecular weight excluding hydrogens is 408 g/mol. The van der Waals surface area contributed by atoms with Crippen molar-refractivity contribution >= 4 is 17.7 Å². The van der Waals surface area contributed by atoms with E-state index < -0.39 is 0 Å². The number of methoxy groups -OCH3 is 1. The molecule has 0 radical (unpaired) electrons. The Morgan fingerprint density at radius 2 is 1.72 bits per heavy atom. The lowest BCUT2D eigenvalue weighted by Crippen LogP contribution is -2.33. The van der Waals surface area contributed by atoms with Crippen molar-refractivity contribution in [2.24, 2.45) is 0 Å². The zero-order valence-electron chi connectivity index (χ0n) is 17.8. The predicted octanol–water partition coefficient (Wildman–Crippen LogP) is 2.82. The van der Waals surface area contributed by atoms with Crippen LogP contribution in [-0.2, 0) is 9.59 Å². The number of likely N-dealkylation sites (tertiary alicyclic amines) is 1. The van der Waals surface area contributed by atoms with Crippen LogP contribution in [0.5, 0.6) is 5.75 Å². The number of ether oxygens (including phenoxy) is 1. The maximum atomic E-state index is 13.0. The van der Waals surface area contributed by atoms with Gasteiger partial charge in [0.15, 0.2) is 0 Å². The summed E-state index contributed by atoms with van der Waals surface area (Å²) in [4.78, 5) is 37.7. The molecule has 0 aliphatic carbocycles. The zero-order chi connectivity index (χ0) is 22.5. The van der Waals surface area contributed by atoms with E-state index in [1.54, 1.807) is 18.0 Å². The lowest BCUT2D eigenvalue weighted by molar-refractivity contribution is -0.138. The minimum atomic E-state index is -0.267. The molecule has 8 nitrogen and oxygen atoms in total. The number of hydrogen-bond donors (Lipinski definition) is 1. The first-order valence-corrected chi connectivity index (χ1v) is 10.5. The second-order valence-corrected chi connectivity index (χ2v) is 7.45. The highest BCUT2D eigenvalue weighted by Crippen LogP contribution is 2.26. The van der Waals surface area contributed by atoms with Gasteiger partial charge in [-0.25, -0.2) is 4.68 Å². The Morgan fingerprint density at radius 1 is 1.03 bits per heavy atom. The van der Waals surface area contributed by atoms with Crippen LogP contribution < -0.4 is 10.1 Å². The van der Waals surface area contributed by atoms with E-state index in [4.69, 9.17) is 4.74 Å². The first-order valence-electron chi connectivity index (χ1n) is 10.5. The van der Waals surface area contributed by atoms with Crippen molar-refractivity contribution in [3.8, 4) is 22.7 Å². The van der Waals surface area contributed by atoms with E-state index in [1.165, 1.54) is 4.90 Å². The molecule has 4 rings (SSSR count). The third-order valence-corrected chi connectivity index (χ3v) is 5.34. The Balaban J connectivity index is 1.51. The number of hydrogen-bond acceptors (Lipinski definition) is 5. The standard InChI is InChI=1S/C24H24N4O4/c1-32-19-10-8-17(9-11-19)23-20(16-28(26-23)18-6-3-2-4-7-18)24(31)25-14-5-15-27-21(29)12-13-22(27)30/h2-4,6-11,16H,5,12-15H2,1H3,(H,25,31). The van der Waals surface area contributed by atoms with Crippen LogP contribution in [0.3, 0.4) is 0 Å². The van der Waals surface area contributed by atoms with Gasteiger partial charge >= 0.3 is 0 Å². The van der Waals surface area contributed by atoms with Crippen LogP contribution >= 0.6 is 0 Å². The van der Waals surface area contributed by atoms with Crippen molar-refractivity contribution < 1.29 is 19.1 Å². The number of aromatic nitrogens is 2. The summed E-state index contributed by atoms with van der Waals surface area (Å²) < 4.78 is 6.90. The SMILES string of the molecule is COc1ccc(-c2nn(-c3ccccc3)cc2C(=O)NCCCN2C(=O)CCC2=O)cc1. The molecule has 0 saturated carbocycles. The fourth-order valence-electron chi connectivity index (χ4n) is 3.62. The van der Waals surface area contributed by atoms with Gasteiger partial charge in [-0.3, -0.25) is 19.3 Å². The predicted molar refractivity (Wildman–Crippen MR) is 118 cm³/mol. The number of carbonyl (C=O) groups is 3. The Hall–Kier alpha value is -3.94. The number of amides is 3. The fraction of sp³-hybridized carbons (Fsp3) is 0.250. The van der Waals surface area contributed by atoms with Gasteiger partial charge in [0, 0.05) is 37.7 Å². The van der Waals surface area contributed by atoms with Gasteiger partial charge in [0.25, 0.3) is 5.91 Å². The number of benzene rings is 2. The van der Waals surface area contributed by atoms with Crippen LogP contribution in [0.1, 0.15) is 29.6 Å². The van der Waals surface area contributed by atoms with Gasteiger partial charge in [0.05, 0.1) is 18.4 Å². The van der Waals surface area contributed by atoms with Crippen LogP contribution in [0.4, 0.5) is 0 Å². The number of rotatable bonds is 8. The summed E-state index contributed by atoms with van der Waals surface area (Å²) in [6.45, 7) is 0.654. The van der Waals surface area contributed by atoms with Gasteiger partial charge in [-0.2, -0.15) is 5.10 Å². The first kappa shape index (κ1) is 21.3. The van der Waals surface area contributed by atoms with Crippen molar-refractivity contribution in [2.45, 2.75) is 19.3 Å². The van der Waals surface area contributed by atoms with Gasteiger partial charge in [-0.15, -0.1) is 0 Å². The molecule has 0 spiro atoms. The van der Waals surface area contributed by atoms with Gasteiger partial charge in [0.2, 0.25) is 11.8 Å². The number of imide groups is 1. The number of carbonyl (C=O) groups excluding carboxylic acids is 3. The highest BCUT2D eigenvalue weighted by atomic mass is 16.5. The molecule has 0 bridgehead atoms. The highest BCUT2D eigenvalue weighted by molar-refractivity contribution is 6.02. The van der Waals surface area contributed by atoms with Crippen molar-refractivity contribution in [2.75, 3.05) is 20.2 Å². The van der Waals surface area contributed by atoms with Crippen molar-refractivity contribution in [1.29, 1.82) is 0 Å². The minimum absolute atomic E-state index is 0.146. The molecule has 1 saturated heterocycles. The van der Waals surface area contributed by atoms with Gasteiger partial charge in [-0.1, -0.05) is 18.2 Å². The molecule has 1 aliphatic rings. The summed E-state index contributed by atoms with van der Waals surface area (Å²) in [5.41, 5.74) is 2.62. The molecular formula is C24H24N4O4. The third-order valence-electron chi connectivity index (χ3n) is 5.34. The number of nitrogens with one attached hydrogen (secondary N) is 1. The highest BCUT2D eigenvalue weighted by Gasteiger charge is 2.28. The van der Waals surface area contributed by atoms with Gasteiger partial charge in [0.1, 0.15) is 11.4 Å². The average molecular weight is 432 g/mol. The van der Waals surface area contributed by atoms with Crippen LogP contribution in [0.25, 0.3) is 16.9 Å². The summed E-state index contributed by atoms with van der Waals surface area (Å²) in [6, 6.07) is 16.9. The monoisotopic (exact) mass is 432 g/mol. The number of para-hydroxylation sites is 1. The largest absolute Gasteiger partial charge is 0.497 e. The van der Waals surface area contributed by atoms with Crippen LogP contribution in [-0.4, -0.2) is 52.6 Å². The van der Waals surface area contributed by atoms with E-state index in [2.05, 4.69) is 10.4 Å². The van der Waals surface area contributed by atoms with E-state index in [-0.39, 0.29) is 30.6 Å². The molecule has 0 unspecified atom stereocenters. The lowest BCUT2D eigenvalue weighted by Gasteiger charge is -2.13. The molecule has 1 N–H and O–H groups in total. The molecule has 2 heterocycles. The molecule has 0 atom stereocenters. The summed E-state index contributed by atoms with van der Waals surface area (Å²) in [6.07, 6.45) is 2.75.